The van der Waals surface area contributed by atoms with Crippen LogP contribution in [0.1, 0.15) is 18.3 Å². The first-order valence-electron chi connectivity index (χ1n) is 11.1. The molecule has 4 rings (SSSR count). The summed E-state index contributed by atoms with van der Waals surface area (Å²) in [6.45, 7) is 1.01. The average molecular weight is 537 g/mol. The maximum atomic E-state index is 14.5. The predicted molar refractivity (Wildman–Crippen MR) is 130 cm³/mol. The van der Waals surface area contributed by atoms with Crippen molar-refractivity contribution in [2.24, 2.45) is 0 Å². The van der Waals surface area contributed by atoms with Crippen LogP contribution in [-0.2, 0) is 13.0 Å². The Labute approximate surface area is 214 Å². The van der Waals surface area contributed by atoms with E-state index < -0.39 is 23.9 Å². The van der Waals surface area contributed by atoms with Gasteiger partial charge in [0.2, 0.25) is 5.88 Å². The lowest BCUT2D eigenvalue weighted by molar-refractivity contribution is 0.191. The molecule has 0 aliphatic carbocycles. The Kier molecular flexibility index (Phi) is 7.79. The van der Waals surface area contributed by atoms with E-state index >= 15 is 0 Å². The summed E-state index contributed by atoms with van der Waals surface area (Å²) in [5.41, 5.74) is -0.107. The van der Waals surface area contributed by atoms with E-state index in [0.29, 0.717) is 12.2 Å². The largest absolute Gasteiger partial charge is 0.496 e. The lowest BCUT2D eigenvalue weighted by Crippen LogP contribution is -2.16. The molecule has 0 spiro atoms. The van der Waals surface area contributed by atoms with E-state index in [1.807, 2.05) is 6.92 Å². The fraction of sp³-hybridized carbons (Fsp3) is 0.292. The first-order valence-corrected chi connectivity index (χ1v) is 11.5. The lowest BCUT2D eigenvalue weighted by atomic mass is 10.2. The average Bonchev–Trinajstić information content (AvgIpc) is 3.23. The maximum Gasteiger partial charge on any atom is 0.332 e. The number of methoxy groups -OCH3 is 2. The summed E-state index contributed by atoms with van der Waals surface area (Å²) in [5.74, 6) is -1.36. The highest BCUT2D eigenvalue weighted by Crippen LogP contribution is 2.37. The highest BCUT2D eigenvalue weighted by atomic mass is 35.5. The second-order valence-corrected chi connectivity index (χ2v) is 8.03. The number of nitrogens with zero attached hydrogens (tertiary/aromatic N) is 3. The standard InChI is InChI=1S/C24H23ClF2N4O6/c1-4-19-28-22-21(23(29-19)35-3)30-24(33)31(22)15-10-18(17(9-13(15)25)36-8-7-32)37-11-12-16(34-2)6-5-14(26)20(12)27/h5-6,9-10,32H,4,7-8,11H2,1-3H3,(H,30,33). The van der Waals surface area contributed by atoms with Crippen LogP contribution in [0.4, 0.5) is 8.78 Å². The number of nitrogens with one attached hydrogen (secondary N) is 1. The fourth-order valence-corrected chi connectivity index (χ4v) is 3.90. The highest BCUT2D eigenvalue weighted by molar-refractivity contribution is 6.32. The number of hydrogen-bond acceptors (Lipinski definition) is 8. The lowest BCUT2D eigenvalue weighted by Gasteiger charge is -2.17. The van der Waals surface area contributed by atoms with Crippen LogP contribution in [0, 0.1) is 11.6 Å². The van der Waals surface area contributed by atoms with Gasteiger partial charge in [0.05, 0.1) is 37.1 Å². The molecule has 2 N–H and O–H groups in total. The quantitative estimate of drug-likeness (QED) is 0.315. The minimum absolute atomic E-state index is 0.0385. The Bertz CT molecular complexity index is 1510. The minimum atomic E-state index is -1.13. The van der Waals surface area contributed by atoms with Crippen molar-refractivity contribution < 1.29 is 32.8 Å². The van der Waals surface area contributed by atoms with Gasteiger partial charge in [0.25, 0.3) is 0 Å². The van der Waals surface area contributed by atoms with Crippen LogP contribution in [0.15, 0.2) is 29.1 Å². The van der Waals surface area contributed by atoms with E-state index in [0.717, 1.165) is 6.07 Å². The smallest absolute Gasteiger partial charge is 0.332 e. The molecule has 2 heterocycles. The number of hydrogen-bond donors (Lipinski definition) is 2. The van der Waals surface area contributed by atoms with Crippen LogP contribution in [0.2, 0.25) is 5.02 Å². The highest BCUT2D eigenvalue weighted by Gasteiger charge is 2.22. The minimum Gasteiger partial charge on any atom is -0.496 e. The van der Waals surface area contributed by atoms with E-state index in [9.17, 15) is 18.7 Å². The first kappa shape index (κ1) is 26.2. The van der Waals surface area contributed by atoms with Crippen molar-refractivity contribution in [3.8, 4) is 28.8 Å². The van der Waals surface area contributed by atoms with Crippen LogP contribution in [0.3, 0.4) is 0 Å². The van der Waals surface area contributed by atoms with Crippen molar-refractivity contribution in [3.63, 3.8) is 0 Å². The topological polar surface area (TPSA) is 121 Å². The van der Waals surface area contributed by atoms with Gasteiger partial charge in [0.15, 0.2) is 28.8 Å². The molecule has 0 aliphatic rings. The Balaban J connectivity index is 1.85. The Morgan fingerprint density at radius 3 is 2.51 bits per heavy atom. The van der Waals surface area contributed by atoms with Crippen LogP contribution in [0.5, 0.6) is 23.1 Å². The number of aryl methyl sites for hydroxylation is 1. The van der Waals surface area contributed by atoms with E-state index in [1.165, 1.54) is 37.0 Å². The zero-order valence-electron chi connectivity index (χ0n) is 20.1. The van der Waals surface area contributed by atoms with Crippen molar-refractivity contribution >= 4 is 22.8 Å². The number of halogens is 3. The van der Waals surface area contributed by atoms with Gasteiger partial charge in [0, 0.05) is 18.6 Å². The predicted octanol–water partition coefficient (Wildman–Crippen LogP) is 3.57. The number of benzene rings is 2. The van der Waals surface area contributed by atoms with E-state index in [-0.39, 0.29) is 63.8 Å². The molecule has 4 aromatic rings. The first-order chi connectivity index (χ1) is 17.8. The molecule has 0 atom stereocenters. The molecule has 0 amide bonds. The molecule has 37 heavy (non-hydrogen) atoms. The summed E-state index contributed by atoms with van der Waals surface area (Å²) in [7, 11) is 2.74. The Hall–Kier alpha value is -3.90. The van der Waals surface area contributed by atoms with Crippen LogP contribution in [-0.4, -0.2) is 52.1 Å². The summed E-state index contributed by atoms with van der Waals surface area (Å²) in [4.78, 5) is 24.4. The molecule has 10 nitrogen and oxygen atoms in total. The maximum absolute atomic E-state index is 14.5. The zero-order chi connectivity index (χ0) is 26.7. The number of aromatic amines is 1. The van der Waals surface area contributed by atoms with Gasteiger partial charge in [-0.25, -0.2) is 23.1 Å². The van der Waals surface area contributed by atoms with Crippen molar-refractivity contribution in [1.29, 1.82) is 0 Å². The molecule has 0 bridgehead atoms. The van der Waals surface area contributed by atoms with Crippen molar-refractivity contribution in [2.45, 2.75) is 20.0 Å². The number of H-pyrrole nitrogens is 1. The van der Waals surface area contributed by atoms with Gasteiger partial charge in [-0.1, -0.05) is 18.5 Å². The van der Waals surface area contributed by atoms with Gasteiger partial charge in [-0.05, 0) is 12.1 Å². The number of fused-ring (bicyclic) bond motifs is 1. The molecule has 2 aromatic carbocycles. The molecule has 13 heteroatoms. The third-order valence-electron chi connectivity index (χ3n) is 5.41. The summed E-state index contributed by atoms with van der Waals surface area (Å²) < 4.78 is 51.3. The van der Waals surface area contributed by atoms with Gasteiger partial charge in [-0.2, -0.15) is 4.98 Å². The number of imidazole rings is 1. The van der Waals surface area contributed by atoms with Gasteiger partial charge >= 0.3 is 5.69 Å². The number of aromatic nitrogens is 4. The molecule has 0 saturated heterocycles. The van der Waals surface area contributed by atoms with Gasteiger partial charge in [-0.3, -0.25) is 4.98 Å². The molecule has 2 aromatic heterocycles. The Morgan fingerprint density at radius 2 is 1.84 bits per heavy atom. The van der Waals surface area contributed by atoms with Crippen LogP contribution in [0.25, 0.3) is 16.9 Å². The van der Waals surface area contributed by atoms with Crippen molar-refractivity contribution in [3.05, 3.63) is 62.8 Å². The third kappa shape index (κ3) is 5.02. The van der Waals surface area contributed by atoms with Crippen LogP contribution >= 0.6 is 11.6 Å². The monoisotopic (exact) mass is 536 g/mol. The second kappa shape index (κ2) is 11.0. The molecule has 0 aliphatic heterocycles. The summed E-state index contributed by atoms with van der Waals surface area (Å²) in [5, 5.41) is 9.30. The molecule has 0 radical (unpaired) electrons. The molecule has 196 valence electrons. The summed E-state index contributed by atoms with van der Waals surface area (Å²) in [6, 6.07) is 4.99. The van der Waals surface area contributed by atoms with Gasteiger partial charge in [0.1, 0.15) is 30.3 Å². The third-order valence-corrected chi connectivity index (χ3v) is 5.71. The normalized spacial score (nSPS) is 11.1. The summed E-state index contributed by atoms with van der Waals surface area (Å²) >= 11 is 6.53. The molecular formula is C24H23ClF2N4O6. The second-order valence-electron chi connectivity index (χ2n) is 7.62. The van der Waals surface area contributed by atoms with Crippen molar-refractivity contribution in [1.82, 2.24) is 19.5 Å². The SMILES string of the molecule is CCc1nc(OC)c2[nH]c(=O)n(-c3cc(OCc4c(OC)ccc(F)c4F)c(OCCO)cc3Cl)c2n1. The summed E-state index contributed by atoms with van der Waals surface area (Å²) in [6.07, 6.45) is 0.475. The molecule has 0 saturated carbocycles. The molecule has 0 unspecified atom stereocenters. The van der Waals surface area contributed by atoms with E-state index in [4.69, 9.17) is 30.5 Å². The van der Waals surface area contributed by atoms with Crippen LogP contribution < -0.4 is 24.6 Å². The molecular weight excluding hydrogens is 514 g/mol. The number of ether oxygens (including phenoxy) is 4. The number of aliphatic hydroxyl groups excluding tert-OH is 1. The van der Waals surface area contributed by atoms with E-state index in [2.05, 4.69) is 15.0 Å². The number of rotatable bonds is 10. The fourth-order valence-electron chi connectivity index (χ4n) is 3.66. The molecule has 0 fully saturated rings. The van der Waals surface area contributed by atoms with E-state index in [1.54, 1.807) is 0 Å². The number of aliphatic hydroxyl groups is 1. The zero-order valence-corrected chi connectivity index (χ0v) is 20.9. The van der Waals surface area contributed by atoms with Gasteiger partial charge < -0.3 is 24.1 Å². The Morgan fingerprint density at radius 1 is 1.08 bits per heavy atom. The van der Waals surface area contributed by atoms with Gasteiger partial charge in [-0.15, -0.1) is 0 Å². The van der Waals surface area contributed by atoms with Crippen molar-refractivity contribution in [2.75, 3.05) is 27.4 Å².